The van der Waals surface area contributed by atoms with Crippen molar-refractivity contribution in [2.45, 2.75) is 0 Å². The van der Waals surface area contributed by atoms with Crippen molar-refractivity contribution in [3.63, 3.8) is 0 Å². The summed E-state index contributed by atoms with van der Waals surface area (Å²) in [5, 5.41) is 0. The van der Waals surface area contributed by atoms with Gasteiger partial charge in [0.05, 0.1) is 12.8 Å². The molecule has 0 amide bonds. The number of benzene rings is 1. The number of carbonyl (C=O) groups is 1. The van der Waals surface area contributed by atoms with Crippen molar-refractivity contribution in [1.82, 2.24) is 9.38 Å². The second kappa shape index (κ2) is 6.15. The number of carbonyl (C=O) groups excluding carboxylic acids is 1. The number of rotatable bonds is 3. The van der Waals surface area contributed by atoms with Crippen LogP contribution in [0.5, 0.6) is 0 Å². The van der Waals surface area contributed by atoms with Crippen LogP contribution >= 0.6 is 15.9 Å². The number of aromatic nitrogens is 2. The number of esters is 1. The van der Waals surface area contributed by atoms with Crippen LogP contribution in [-0.4, -0.2) is 22.5 Å². The first kappa shape index (κ1) is 14.5. The van der Waals surface area contributed by atoms with Gasteiger partial charge in [-0.3, -0.25) is 0 Å². The SMILES string of the molecule is COC(=O)/C=C/c1ccccc1-c1cn2cc(Br)ccc2n1. The lowest BCUT2D eigenvalue weighted by Crippen LogP contribution is -1.93. The lowest BCUT2D eigenvalue weighted by Gasteiger charge is -2.02. The molecule has 2 aromatic heterocycles. The van der Waals surface area contributed by atoms with Gasteiger partial charge in [0, 0.05) is 28.5 Å². The van der Waals surface area contributed by atoms with Crippen molar-refractivity contribution in [1.29, 1.82) is 0 Å². The van der Waals surface area contributed by atoms with Gasteiger partial charge in [-0.05, 0) is 39.7 Å². The average molecular weight is 357 g/mol. The third-order valence-corrected chi connectivity index (χ3v) is 3.72. The number of nitrogens with zero attached hydrogens (tertiary/aromatic N) is 2. The fourth-order valence-electron chi connectivity index (χ4n) is 2.20. The van der Waals surface area contributed by atoms with Crippen molar-refractivity contribution in [2.75, 3.05) is 7.11 Å². The number of ether oxygens (including phenoxy) is 1. The summed E-state index contributed by atoms with van der Waals surface area (Å²) in [6, 6.07) is 11.7. The van der Waals surface area contributed by atoms with Crippen LogP contribution in [0.25, 0.3) is 23.0 Å². The van der Waals surface area contributed by atoms with Gasteiger partial charge >= 0.3 is 5.97 Å². The monoisotopic (exact) mass is 356 g/mol. The molecular formula is C17H13BrN2O2. The number of methoxy groups -OCH3 is 1. The first-order chi connectivity index (χ1) is 10.7. The van der Waals surface area contributed by atoms with Gasteiger partial charge < -0.3 is 9.14 Å². The molecule has 0 N–H and O–H groups in total. The molecule has 0 fully saturated rings. The van der Waals surface area contributed by atoms with Crippen molar-refractivity contribution < 1.29 is 9.53 Å². The molecule has 110 valence electrons. The maximum absolute atomic E-state index is 11.3. The maximum atomic E-state index is 11.3. The van der Waals surface area contributed by atoms with E-state index in [0.29, 0.717) is 0 Å². The van der Waals surface area contributed by atoms with Crippen molar-refractivity contribution in [3.8, 4) is 11.3 Å². The second-order valence-corrected chi connectivity index (χ2v) is 5.60. The minimum Gasteiger partial charge on any atom is -0.466 e. The minimum atomic E-state index is -0.381. The van der Waals surface area contributed by atoms with E-state index in [-0.39, 0.29) is 5.97 Å². The molecule has 0 spiro atoms. The standard InChI is InChI=1S/C17H13BrN2O2/c1-22-17(21)9-6-12-4-2-3-5-14(12)15-11-20-10-13(18)7-8-16(20)19-15/h2-11H,1H3/b9-6+. The molecule has 3 aromatic rings. The highest BCUT2D eigenvalue weighted by Gasteiger charge is 2.08. The van der Waals surface area contributed by atoms with Gasteiger partial charge in [0.25, 0.3) is 0 Å². The number of halogens is 1. The second-order valence-electron chi connectivity index (χ2n) is 4.68. The van der Waals surface area contributed by atoms with E-state index in [9.17, 15) is 4.79 Å². The smallest absolute Gasteiger partial charge is 0.330 e. The van der Waals surface area contributed by atoms with E-state index in [0.717, 1.165) is 26.9 Å². The van der Waals surface area contributed by atoms with Crippen molar-refractivity contribution in [2.24, 2.45) is 0 Å². The molecule has 3 rings (SSSR count). The molecule has 0 aliphatic rings. The average Bonchev–Trinajstić information content (AvgIpc) is 2.95. The zero-order chi connectivity index (χ0) is 15.5. The van der Waals surface area contributed by atoms with Gasteiger partial charge in [0.2, 0.25) is 0 Å². The van der Waals surface area contributed by atoms with E-state index < -0.39 is 0 Å². The Morgan fingerprint density at radius 2 is 2.05 bits per heavy atom. The van der Waals surface area contributed by atoms with Crippen LogP contribution in [0.1, 0.15) is 5.56 Å². The van der Waals surface area contributed by atoms with Crippen LogP contribution < -0.4 is 0 Å². The molecule has 1 aromatic carbocycles. The van der Waals surface area contributed by atoms with Crippen LogP contribution in [0.2, 0.25) is 0 Å². The summed E-state index contributed by atoms with van der Waals surface area (Å²) < 4.78 is 7.58. The first-order valence-corrected chi connectivity index (χ1v) is 7.46. The largest absolute Gasteiger partial charge is 0.466 e. The van der Waals surface area contributed by atoms with Gasteiger partial charge in [-0.25, -0.2) is 9.78 Å². The Morgan fingerprint density at radius 1 is 1.23 bits per heavy atom. The summed E-state index contributed by atoms with van der Waals surface area (Å²) in [4.78, 5) is 15.9. The summed E-state index contributed by atoms with van der Waals surface area (Å²) in [7, 11) is 1.36. The zero-order valence-corrected chi connectivity index (χ0v) is 13.4. The molecule has 0 radical (unpaired) electrons. The fourth-order valence-corrected chi connectivity index (χ4v) is 2.55. The Kier molecular flexibility index (Phi) is 4.06. The topological polar surface area (TPSA) is 43.6 Å². The van der Waals surface area contributed by atoms with Crippen molar-refractivity contribution in [3.05, 3.63) is 64.9 Å². The summed E-state index contributed by atoms with van der Waals surface area (Å²) in [6.45, 7) is 0. The summed E-state index contributed by atoms with van der Waals surface area (Å²) in [6.07, 6.45) is 7.07. The maximum Gasteiger partial charge on any atom is 0.330 e. The number of hydrogen-bond acceptors (Lipinski definition) is 3. The summed E-state index contributed by atoms with van der Waals surface area (Å²) in [5.74, 6) is -0.381. The van der Waals surface area contributed by atoms with E-state index >= 15 is 0 Å². The third kappa shape index (κ3) is 2.94. The van der Waals surface area contributed by atoms with Crippen LogP contribution in [0.15, 0.2) is 59.3 Å². The molecule has 5 heteroatoms. The van der Waals surface area contributed by atoms with E-state index in [4.69, 9.17) is 0 Å². The van der Waals surface area contributed by atoms with Gasteiger partial charge in [-0.2, -0.15) is 0 Å². The van der Waals surface area contributed by atoms with Crippen LogP contribution in [-0.2, 0) is 9.53 Å². The highest BCUT2D eigenvalue weighted by Crippen LogP contribution is 2.25. The number of imidazole rings is 1. The molecule has 0 unspecified atom stereocenters. The summed E-state index contributed by atoms with van der Waals surface area (Å²) in [5.41, 5.74) is 3.59. The van der Waals surface area contributed by atoms with Gasteiger partial charge in [-0.1, -0.05) is 24.3 Å². The predicted molar refractivity (Wildman–Crippen MR) is 89.4 cm³/mol. The molecule has 4 nitrogen and oxygen atoms in total. The highest BCUT2D eigenvalue weighted by molar-refractivity contribution is 9.10. The van der Waals surface area contributed by atoms with E-state index in [1.807, 2.05) is 53.2 Å². The molecule has 0 atom stereocenters. The van der Waals surface area contributed by atoms with Gasteiger partial charge in [0.1, 0.15) is 5.65 Å². The molecular weight excluding hydrogens is 344 g/mol. The Labute approximate surface area is 136 Å². The molecule has 0 bridgehead atoms. The van der Waals surface area contributed by atoms with Gasteiger partial charge in [0.15, 0.2) is 0 Å². The lowest BCUT2D eigenvalue weighted by atomic mass is 10.0. The molecule has 0 saturated carbocycles. The lowest BCUT2D eigenvalue weighted by molar-refractivity contribution is -0.134. The highest BCUT2D eigenvalue weighted by atomic mass is 79.9. The predicted octanol–water partition coefficient (Wildman–Crippen LogP) is 3.95. The number of hydrogen-bond donors (Lipinski definition) is 0. The van der Waals surface area contributed by atoms with Crippen LogP contribution in [0.3, 0.4) is 0 Å². The van der Waals surface area contributed by atoms with Crippen LogP contribution in [0.4, 0.5) is 0 Å². The molecule has 2 heterocycles. The third-order valence-electron chi connectivity index (χ3n) is 3.25. The van der Waals surface area contributed by atoms with E-state index in [2.05, 4.69) is 25.7 Å². The fraction of sp³-hybridized carbons (Fsp3) is 0.0588. The Morgan fingerprint density at radius 3 is 2.86 bits per heavy atom. The van der Waals surface area contributed by atoms with Crippen molar-refractivity contribution >= 4 is 33.6 Å². The summed E-state index contributed by atoms with van der Waals surface area (Å²) >= 11 is 3.45. The minimum absolute atomic E-state index is 0.381. The molecule has 0 aliphatic carbocycles. The molecule has 22 heavy (non-hydrogen) atoms. The number of fused-ring (bicyclic) bond motifs is 1. The van der Waals surface area contributed by atoms with Gasteiger partial charge in [-0.15, -0.1) is 0 Å². The van der Waals surface area contributed by atoms with E-state index in [1.165, 1.54) is 13.2 Å². The molecule has 0 aliphatic heterocycles. The Hall–Kier alpha value is -2.40. The normalized spacial score (nSPS) is 11.2. The molecule has 0 saturated heterocycles. The zero-order valence-electron chi connectivity index (χ0n) is 11.9. The Balaban J connectivity index is 2.06. The van der Waals surface area contributed by atoms with Crippen LogP contribution in [0, 0.1) is 0 Å². The number of pyridine rings is 1. The Bertz CT molecular complexity index is 868. The van der Waals surface area contributed by atoms with E-state index in [1.54, 1.807) is 6.08 Å². The first-order valence-electron chi connectivity index (χ1n) is 6.67. The quantitative estimate of drug-likeness (QED) is 0.527.